The molecule has 0 aromatic heterocycles. The molecule has 0 aliphatic carbocycles. The van der Waals surface area contributed by atoms with Crippen molar-refractivity contribution >= 4 is 5.91 Å². The van der Waals surface area contributed by atoms with E-state index < -0.39 is 11.5 Å². The molecule has 1 amide bonds. The highest BCUT2D eigenvalue weighted by atomic mass is 19.1. The Kier molecular flexibility index (Phi) is 5.06. The molecule has 0 saturated heterocycles. The first-order chi connectivity index (χ1) is 8.74. The Morgan fingerprint density at radius 1 is 1.32 bits per heavy atom. The maximum absolute atomic E-state index is 12.8. The number of rotatable bonds is 5. The molecule has 1 aromatic carbocycles. The van der Waals surface area contributed by atoms with Gasteiger partial charge in [0.2, 0.25) is 0 Å². The van der Waals surface area contributed by atoms with Gasteiger partial charge in [0.25, 0.3) is 5.91 Å². The fraction of sp³-hybridized carbons (Fsp3) is 0.533. The van der Waals surface area contributed by atoms with E-state index in [1.807, 2.05) is 27.7 Å². The molecule has 4 heteroatoms. The van der Waals surface area contributed by atoms with Gasteiger partial charge < -0.3 is 10.4 Å². The average molecular weight is 267 g/mol. The van der Waals surface area contributed by atoms with Crippen LogP contribution in [0, 0.1) is 17.2 Å². The van der Waals surface area contributed by atoms with Gasteiger partial charge >= 0.3 is 0 Å². The van der Waals surface area contributed by atoms with Gasteiger partial charge in [-0.15, -0.1) is 0 Å². The predicted octanol–water partition coefficient (Wildman–Crippen LogP) is 2.60. The van der Waals surface area contributed by atoms with Crippen LogP contribution in [0.2, 0.25) is 0 Å². The molecule has 1 aromatic rings. The molecule has 1 atom stereocenters. The summed E-state index contributed by atoms with van der Waals surface area (Å²) in [5.41, 5.74) is 0.000342. The third kappa shape index (κ3) is 4.31. The summed E-state index contributed by atoms with van der Waals surface area (Å²) in [5.74, 6) is -0.506. The SMILES string of the molecule is CC(C)C(O)C(C)(C)CNC(=O)c1ccc(F)cc1. The summed E-state index contributed by atoms with van der Waals surface area (Å²) >= 11 is 0. The first kappa shape index (κ1) is 15.6. The average Bonchev–Trinajstić information content (AvgIpc) is 2.35. The van der Waals surface area contributed by atoms with Crippen molar-refractivity contribution in [3.8, 4) is 0 Å². The molecule has 0 bridgehead atoms. The Balaban J connectivity index is 2.61. The molecule has 19 heavy (non-hydrogen) atoms. The zero-order valence-electron chi connectivity index (χ0n) is 11.9. The molecular weight excluding hydrogens is 245 g/mol. The number of hydrogen-bond acceptors (Lipinski definition) is 2. The standard InChI is InChI=1S/C15H22FNO2/c1-10(2)13(18)15(3,4)9-17-14(19)11-5-7-12(16)8-6-11/h5-8,10,13,18H,9H2,1-4H3,(H,17,19). The lowest BCUT2D eigenvalue weighted by Crippen LogP contribution is -2.43. The fourth-order valence-electron chi connectivity index (χ4n) is 2.02. The highest BCUT2D eigenvalue weighted by Gasteiger charge is 2.30. The van der Waals surface area contributed by atoms with Crippen LogP contribution in [-0.4, -0.2) is 23.7 Å². The number of nitrogens with one attached hydrogen (secondary N) is 1. The molecule has 0 radical (unpaired) electrons. The van der Waals surface area contributed by atoms with E-state index >= 15 is 0 Å². The third-order valence-electron chi connectivity index (χ3n) is 3.24. The van der Waals surface area contributed by atoms with Crippen LogP contribution in [0.1, 0.15) is 38.1 Å². The first-order valence-corrected chi connectivity index (χ1v) is 6.46. The van der Waals surface area contributed by atoms with Crippen molar-refractivity contribution in [1.82, 2.24) is 5.32 Å². The molecular formula is C15H22FNO2. The highest BCUT2D eigenvalue weighted by molar-refractivity contribution is 5.94. The Labute approximate surface area is 113 Å². The Bertz CT molecular complexity index is 426. The van der Waals surface area contributed by atoms with E-state index in [-0.39, 0.29) is 17.6 Å². The molecule has 1 rings (SSSR count). The second-order valence-corrected chi connectivity index (χ2v) is 5.87. The van der Waals surface area contributed by atoms with Gasteiger partial charge in [-0.1, -0.05) is 27.7 Å². The van der Waals surface area contributed by atoms with Crippen molar-refractivity contribution in [2.24, 2.45) is 11.3 Å². The minimum Gasteiger partial charge on any atom is -0.392 e. The number of benzene rings is 1. The number of hydrogen-bond donors (Lipinski definition) is 2. The molecule has 0 heterocycles. The first-order valence-electron chi connectivity index (χ1n) is 6.46. The van der Waals surface area contributed by atoms with Gasteiger partial charge in [-0.25, -0.2) is 4.39 Å². The van der Waals surface area contributed by atoms with Crippen molar-refractivity contribution in [1.29, 1.82) is 0 Å². The van der Waals surface area contributed by atoms with E-state index in [0.29, 0.717) is 12.1 Å². The lowest BCUT2D eigenvalue weighted by Gasteiger charge is -2.33. The Morgan fingerprint density at radius 3 is 2.32 bits per heavy atom. The van der Waals surface area contributed by atoms with Crippen LogP contribution in [0.25, 0.3) is 0 Å². The smallest absolute Gasteiger partial charge is 0.251 e. The Morgan fingerprint density at radius 2 is 1.84 bits per heavy atom. The Hall–Kier alpha value is -1.42. The molecule has 0 fully saturated rings. The fourth-order valence-corrected chi connectivity index (χ4v) is 2.02. The van der Waals surface area contributed by atoms with Crippen molar-refractivity contribution in [3.63, 3.8) is 0 Å². The normalized spacial score (nSPS) is 13.4. The van der Waals surface area contributed by atoms with Crippen molar-refractivity contribution in [3.05, 3.63) is 35.6 Å². The number of carbonyl (C=O) groups excluding carboxylic acids is 1. The molecule has 0 spiro atoms. The van der Waals surface area contributed by atoms with Gasteiger partial charge in [0.1, 0.15) is 5.82 Å². The van der Waals surface area contributed by atoms with E-state index in [9.17, 15) is 14.3 Å². The predicted molar refractivity (Wildman–Crippen MR) is 73.4 cm³/mol. The summed E-state index contributed by atoms with van der Waals surface area (Å²) in [6.07, 6.45) is -0.499. The quantitative estimate of drug-likeness (QED) is 0.861. The van der Waals surface area contributed by atoms with Gasteiger partial charge in [-0.2, -0.15) is 0 Å². The van der Waals surface area contributed by atoms with Crippen LogP contribution in [0.15, 0.2) is 24.3 Å². The number of aliphatic hydroxyl groups excluding tert-OH is 1. The van der Waals surface area contributed by atoms with E-state index in [2.05, 4.69) is 5.32 Å². The van der Waals surface area contributed by atoms with E-state index in [0.717, 1.165) is 0 Å². The number of aliphatic hydroxyl groups is 1. The van der Waals surface area contributed by atoms with Gasteiger partial charge in [0.05, 0.1) is 6.10 Å². The molecule has 1 unspecified atom stereocenters. The zero-order valence-corrected chi connectivity index (χ0v) is 11.9. The topological polar surface area (TPSA) is 49.3 Å². The van der Waals surface area contributed by atoms with Crippen LogP contribution in [0.5, 0.6) is 0 Å². The summed E-state index contributed by atoms with van der Waals surface area (Å²) < 4.78 is 12.8. The maximum Gasteiger partial charge on any atom is 0.251 e. The number of amides is 1. The van der Waals surface area contributed by atoms with E-state index in [1.54, 1.807) is 0 Å². The van der Waals surface area contributed by atoms with Gasteiger partial charge in [0.15, 0.2) is 0 Å². The lowest BCUT2D eigenvalue weighted by molar-refractivity contribution is 0.0138. The molecule has 3 nitrogen and oxygen atoms in total. The third-order valence-corrected chi connectivity index (χ3v) is 3.24. The summed E-state index contributed by atoms with van der Waals surface area (Å²) in [6.45, 7) is 8.05. The van der Waals surface area contributed by atoms with Crippen LogP contribution in [0.4, 0.5) is 4.39 Å². The van der Waals surface area contributed by atoms with Gasteiger partial charge in [-0.05, 0) is 30.2 Å². The summed E-state index contributed by atoms with van der Waals surface area (Å²) in [4.78, 5) is 11.9. The summed E-state index contributed by atoms with van der Waals surface area (Å²) in [6, 6.07) is 5.39. The zero-order chi connectivity index (χ0) is 14.6. The van der Waals surface area contributed by atoms with Crippen LogP contribution < -0.4 is 5.32 Å². The van der Waals surface area contributed by atoms with Crippen LogP contribution in [0.3, 0.4) is 0 Å². The largest absolute Gasteiger partial charge is 0.392 e. The number of carbonyl (C=O) groups is 1. The summed E-state index contributed by atoms with van der Waals surface area (Å²) in [7, 11) is 0. The summed E-state index contributed by atoms with van der Waals surface area (Å²) in [5, 5.41) is 12.8. The van der Waals surface area contributed by atoms with E-state index in [1.165, 1.54) is 24.3 Å². The van der Waals surface area contributed by atoms with Gasteiger partial charge in [0, 0.05) is 17.5 Å². The van der Waals surface area contributed by atoms with Crippen LogP contribution in [-0.2, 0) is 0 Å². The van der Waals surface area contributed by atoms with Gasteiger partial charge in [-0.3, -0.25) is 4.79 Å². The van der Waals surface area contributed by atoms with E-state index in [4.69, 9.17) is 0 Å². The molecule has 0 saturated carbocycles. The van der Waals surface area contributed by atoms with Crippen molar-refractivity contribution < 1.29 is 14.3 Å². The minimum atomic E-state index is -0.499. The van der Waals surface area contributed by atoms with Crippen LogP contribution >= 0.6 is 0 Å². The molecule has 2 N–H and O–H groups in total. The molecule has 106 valence electrons. The monoisotopic (exact) mass is 267 g/mol. The second kappa shape index (κ2) is 6.15. The highest BCUT2D eigenvalue weighted by Crippen LogP contribution is 2.25. The maximum atomic E-state index is 12.8. The van der Waals surface area contributed by atoms with Crippen molar-refractivity contribution in [2.45, 2.75) is 33.8 Å². The molecule has 0 aliphatic heterocycles. The number of halogens is 1. The molecule has 0 aliphatic rings. The lowest BCUT2D eigenvalue weighted by atomic mass is 9.80. The second-order valence-electron chi connectivity index (χ2n) is 5.87. The minimum absolute atomic E-state index is 0.123. The van der Waals surface area contributed by atoms with Crippen molar-refractivity contribution in [2.75, 3.05) is 6.54 Å².